The topological polar surface area (TPSA) is 59.5 Å². The van der Waals surface area contributed by atoms with Crippen LogP contribution in [0.2, 0.25) is 0 Å². The zero-order chi connectivity index (χ0) is 17.4. The van der Waals surface area contributed by atoms with Crippen molar-refractivity contribution in [3.05, 3.63) is 16.8 Å². The molecule has 0 unspecified atom stereocenters. The van der Waals surface area contributed by atoms with Crippen molar-refractivity contribution in [3.8, 4) is 0 Å². The molecule has 3 aromatic rings. The molecule has 25 heavy (non-hydrogen) atoms. The fourth-order valence-electron chi connectivity index (χ4n) is 3.83. The predicted octanol–water partition coefficient (Wildman–Crippen LogP) is 1.80. The van der Waals surface area contributed by atoms with Crippen molar-refractivity contribution in [1.29, 1.82) is 0 Å². The molecular weight excluding hydrogens is 332 g/mol. The first-order valence-electron chi connectivity index (χ1n) is 9.42. The van der Waals surface area contributed by atoms with Crippen LogP contribution in [0.3, 0.4) is 0 Å². The quantitative estimate of drug-likeness (QED) is 0.705. The summed E-state index contributed by atoms with van der Waals surface area (Å²) in [7, 11) is 0. The molecule has 1 atom stereocenters. The number of aromatic nitrogens is 4. The monoisotopic (exact) mass is 359 g/mol. The third-order valence-electron chi connectivity index (χ3n) is 5.43. The second-order valence-electron chi connectivity index (χ2n) is 7.10. The third-order valence-corrected chi connectivity index (χ3v) is 6.62. The summed E-state index contributed by atoms with van der Waals surface area (Å²) < 4.78 is 1.88. The molecule has 0 spiro atoms. The Balaban J connectivity index is 1.70. The standard InChI is InChI=1S/C18H26N6S/c1-4-23(5-2)9-8-19-18-22-17-15(16-20-11-21-24(16)18)13-10-12(3)6-7-14(13)25-17/h11-12H,4-10H2,1-3H3,(H,19,22)/p+1/t12-/m1/s1. The number of hydrogen-bond donors (Lipinski definition) is 2. The maximum Gasteiger partial charge on any atom is 0.227 e. The van der Waals surface area contributed by atoms with Crippen LogP contribution in [0, 0.1) is 5.92 Å². The number of aryl methyl sites for hydroxylation is 1. The fourth-order valence-corrected chi connectivity index (χ4v) is 5.04. The van der Waals surface area contributed by atoms with Crippen molar-refractivity contribution in [2.75, 3.05) is 31.5 Å². The number of nitrogens with one attached hydrogen (secondary N) is 2. The zero-order valence-corrected chi connectivity index (χ0v) is 16.1. The first kappa shape index (κ1) is 16.7. The lowest BCUT2D eigenvalue weighted by Gasteiger charge is -2.18. The Kier molecular flexibility index (Phi) is 4.60. The number of anilines is 1. The van der Waals surface area contributed by atoms with Crippen LogP contribution in [0.15, 0.2) is 6.33 Å². The summed E-state index contributed by atoms with van der Waals surface area (Å²) in [6.07, 6.45) is 5.23. The van der Waals surface area contributed by atoms with Crippen LogP contribution in [0.25, 0.3) is 15.9 Å². The summed E-state index contributed by atoms with van der Waals surface area (Å²) in [4.78, 5) is 13.7. The van der Waals surface area contributed by atoms with Gasteiger partial charge in [-0.05, 0) is 44.6 Å². The molecule has 6 nitrogen and oxygen atoms in total. The first-order chi connectivity index (χ1) is 12.2. The van der Waals surface area contributed by atoms with E-state index in [2.05, 4.69) is 36.2 Å². The molecule has 0 aromatic carbocycles. The van der Waals surface area contributed by atoms with Gasteiger partial charge in [-0.15, -0.1) is 11.3 Å². The maximum atomic E-state index is 4.91. The molecule has 0 fully saturated rings. The lowest BCUT2D eigenvalue weighted by Crippen LogP contribution is -3.12. The van der Waals surface area contributed by atoms with Crippen molar-refractivity contribution in [3.63, 3.8) is 0 Å². The van der Waals surface area contributed by atoms with E-state index in [-0.39, 0.29) is 0 Å². The predicted molar refractivity (Wildman–Crippen MR) is 103 cm³/mol. The van der Waals surface area contributed by atoms with E-state index in [4.69, 9.17) is 4.98 Å². The van der Waals surface area contributed by atoms with E-state index in [9.17, 15) is 0 Å². The minimum Gasteiger partial charge on any atom is -0.348 e. The molecule has 0 radical (unpaired) electrons. The molecule has 0 aliphatic heterocycles. The van der Waals surface area contributed by atoms with Crippen molar-refractivity contribution in [2.24, 2.45) is 5.92 Å². The van der Waals surface area contributed by atoms with Crippen LogP contribution < -0.4 is 10.2 Å². The number of likely N-dealkylation sites (N-methyl/N-ethyl adjacent to an activating group) is 1. The Labute approximate surface area is 152 Å². The lowest BCUT2D eigenvalue weighted by molar-refractivity contribution is -0.894. The Morgan fingerprint density at radius 3 is 3.00 bits per heavy atom. The van der Waals surface area contributed by atoms with Crippen LogP contribution in [-0.4, -0.2) is 45.8 Å². The van der Waals surface area contributed by atoms with Gasteiger partial charge in [0.1, 0.15) is 11.2 Å². The molecule has 1 aliphatic rings. The molecular formula is C18H27N6S+. The Morgan fingerprint density at radius 1 is 1.36 bits per heavy atom. The van der Waals surface area contributed by atoms with E-state index in [1.165, 1.54) is 28.7 Å². The molecule has 0 saturated heterocycles. The maximum absolute atomic E-state index is 4.91. The third kappa shape index (κ3) is 3.00. The van der Waals surface area contributed by atoms with Gasteiger partial charge in [-0.1, -0.05) is 6.92 Å². The number of quaternary nitrogens is 1. The molecule has 7 heteroatoms. The number of hydrogen-bond acceptors (Lipinski definition) is 5. The van der Waals surface area contributed by atoms with Crippen molar-refractivity contribution in [1.82, 2.24) is 19.6 Å². The Hall–Kier alpha value is -1.73. The van der Waals surface area contributed by atoms with Gasteiger partial charge < -0.3 is 10.2 Å². The van der Waals surface area contributed by atoms with E-state index in [1.54, 1.807) is 11.2 Å². The van der Waals surface area contributed by atoms with Crippen LogP contribution in [-0.2, 0) is 12.8 Å². The van der Waals surface area contributed by atoms with Gasteiger partial charge in [0.2, 0.25) is 5.95 Å². The minimum atomic E-state index is 0.739. The normalized spacial score (nSPS) is 17.5. The molecule has 1 aliphatic carbocycles. The van der Waals surface area contributed by atoms with Gasteiger partial charge in [0.15, 0.2) is 5.65 Å². The van der Waals surface area contributed by atoms with E-state index in [1.807, 2.05) is 15.9 Å². The van der Waals surface area contributed by atoms with Gasteiger partial charge >= 0.3 is 0 Å². The number of fused-ring (bicyclic) bond motifs is 5. The van der Waals surface area contributed by atoms with E-state index < -0.39 is 0 Å². The molecule has 0 saturated carbocycles. The SMILES string of the molecule is CC[NH+](CC)CCNc1nc2sc3c(c2c2ncnn12)C[C@H](C)CC3. The van der Waals surface area contributed by atoms with Crippen molar-refractivity contribution in [2.45, 2.75) is 40.0 Å². The Morgan fingerprint density at radius 2 is 2.20 bits per heavy atom. The average Bonchev–Trinajstić information content (AvgIpc) is 3.22. The average molecular weight is 360 g/mol. The van der Waals surface area contributed by atoms with Gasteiger partial charge in [-0.2, -0.15) is 9.61 Å². The number of nitrogens with zero attached hydrogens (tertiary/aromatic N) is 4. The molecule has 0 amide bonds. The molecule has 3 aromatic heterocycles. The highest BCUT2D eigenvalue weighted by molar-refractivity contribution is 7.19. The summed E-state index contributed by atoms with van der Waals surface area (Å²) in [5.74, 6) is 1.56. The zero-order valence-electron chi connectivity index (χ0n) is 15.3. The van der Waals surface area contributed by atoms with Gasteiger partial charge in [0.25, 0.3) is 0 Å². The number of thiophene rings is 1. The summed E-state index contributed by atoms with van der Waals surface area (Å²) >= 11 is 1.85. The lowest BCUT2D eigenvalue weighted by atomic mass is 9.89. The Bertz CT molecular complexity index is 879. The van der Waals surface area contributed by atoms with Gasteiger partial charge in [-0.25, -0.2) is 9.97 Å². The minimum absolute atomic E-state index is 0.739. The van der Waals surface area contributed by atoms with E-state index >= 15 is 0 Å². The highest BCUT2D eigenvalue weighted by Crippen LogP contribution is 2.39. The van der Waals surface area contributed by atoms with Gasteiger partial charge in [0.05, 0.1) is 31.6 Å². The smallest absolute Gasteiger partial charge is 0.227 e. The van der Waals surface area contributed by atoms with Crippen LogP contribution in [0.5, 0.6) is 0 Å². The summed E-state index contributed by atoms with van der Waals surface area (Å²) in [5.41, 5.74) is 2.41. The highest BCUT2D eigenvalue weighted by Gasteiger charge is 2.24. The molecule has 4 rings (SSSR count). The summed E-state index contributed by atoms with van der Waals surface area (Å²) in [6, 6.07) is 0. The van der Waals surface area contributed by atoms with Crippen LogP contribution in [0.4, 0.5) is 5.95 Å². The first-order valence-corrected chi connectivity index (χ1v) is 10.2. The van der Waals surface area contributed by atoms with Crippen LogP contribution >= 0.6 is 11.3 Å². The fraction of sp³-hybridized carbons (Fsp3) is 0.611. The van der Waals surface area contributed by atoms with E-state index in [0.29, 0.717) is 0 Å². The second kappa shape index (κ2) is 6.88. The van der Waals surface area contributed by atoms with Crippen molar-refractivity contribution < 1.29 is 4.90 Å². The molecule has 0 bridgehead atoms. The highest BCUT2D eigenvalue weighted by atomic mass is 32.1. The summed E-state index contributed by atoms with van der Waals surface area (Å²) in [6.45, 7) is 11.1. The van der Waals surface area contributed by atoms with Crippen molar-refractivity contribution >= 4 is 33.1 Å². The van der Waals surface area contributed by atoms with Gasteiger partial charge in [-0.3, -0.25) is 0 Å². The number of rotatable bonds is 6. The molecule has 2 N–H and O–H groups in total. The van der Waals surface area contributed by atoms with Crippen LogP contribution in [0.1, 0.15) is 37.6 Å². The largest absolute Gasteiger partial charge is 0.348 e. The second-order valence-corrected chi connectivity index (χ2v) is 8.18. The molecule has 3 heterocycles. The molecule has 134 valence electrons. The van der Waals surface area contributed by atoms with E-state index in [0.717, 1.165) is 54.9 Å². The summed E-state index contributed by atoms with van der Waals surface area (Å²) in [5, 5.41) is 9.15. The van der Waals surface area contributed by atoms with Gasteiger partial charge in [0, 0.05) is 4.88 Å².